The van der Waals surface area contributed by atoms with Gasteiger partial charge in [0.25, 0.3) is 0 Å². The highest BCUT2D eigenvalue weighted by atomic mass is 35.5. The summed E-state index contributed by atoms with van der Waals surface area (Å²) in [4.78, 5) is 12.9. The summed E-state index contributed by atoms with van der Waals surface area (Å²) >= 11 is 6.09. The van der Waals surface area contributed by atoms with Gasteiger partial charge in [0.15, 0.2) is 11.5 Å². The van der Waals surface area contributed by atoms with Crippen LogP contribution in [0.5, 0.6) is 11.5 Å². The van der Waals surface area contributed by atoms with E-state index in [1.54, 1.807) is 32.3 Å². The molecule has 1 aliphatic heterocycles. The molecule has 0 N–H and O–H groups in total. The molecule has 0 saturated heterocycles. The number of carbonyl (C=O) groups excluding carboxylic acids is 1. The maximum absolute atomic E-state index is 11.4. The number of likely N-dealkylation sites (N-methyl/N-ethyl adjacent to an activating group) is 1. The predicted octanol–water partition coefficient (Wildman–Crippen LogP) is 2.21. The molecule has 1 aromatic carbocycles. The second-order valence-corrected chi connectivity index (χ2v) is 4.50. The zero-order valence-electron chi connectivity index (χ0n) is 10.3. The molecule has 5 heteroatoms. The van der Waals surface area contributed by atoms with E-state index in [-0.39, 0.29) is 5.91 Å². The van der Waals surface area contributed by atoms with Crippen LogP contribution < -0.4 is 9.47 Å². The van der Waals surface area contributed by atoms with Crippen LogP contribution in [0.25, 0.3) is 6.08 Å². The van der Waals surface area contributed by atoms with Crippen LogP contribution in [-0.2, 0) is 4.79 Å². The Morgan fingerprint density at radius 1 is 1.33 bits per heavy atom. The van der Waals surface area contributed by atoms with Crippen molar-refractivity contribution in [2.45, 2.75) is 0 Å². The molecule has 1 aliphatic rings. The number of hydrogen-bond acceptors (Lipinski definition) is 3. The Labute approximate surface area is 111 Å². The number of halogens is 1. The second-order valence-electron chi connectivity index (χ2n) is 4.09. The predicted molar refractivity (Wildman–Crippen MR) is 70.2 cm³/mol. The van der Waals surface area contributed by atoms with Gasteiger partial charge in [-0.05, 0) is 23.8 Å². The van der Waals surface area contributed by atoms with Crippen molar-refractivity contribution in [2.75, 3.05) is 27.3 Å². The summed E-state index contributed by atoms with van der Waals surface area (Å²) in [7, 11) is 3.40. The quantitative estimate of drug-likeness (QED) is 0.771. The molecule has 0 aromatic heterocycles. The average molecular weight is 268 g/mol. The number of hydrogen-bond donors (Lipinski definition) is 0. The van der Waals surface area contributed by atoms with Gasteiger partial charge in [-0.15, -0.1) is 0 Å². The van der Waals surface area contributed by atoms with Crippen molar-refractivity contribution in [3.8, 4) is 11.5 Å². The van der Waals surface area contributed by atoms with Crippen LogP contribution in [0.2, 0.25) is 5.02 Å². The number of amides is 1. The zero-order chi connectivity index (χ0) is 13.1. The van der Waals surface area contributed by atoms with Crippen molar-refractivity contribution in [2.24, 2.45) is 0 Å². The van der Waals surface area contributed by atoms with Gasteiger partial charge in [-0.3, -0.25) is 4.79 Å². The molecule has 0 aliphatic carbocycles. The minimum atomic E-state index is -0.0824. The molecule has 1 amide bonds. The van der Waals surface area contributed by atoms with Crippen LogP contribution >= 0.6 is 11.6 Å². The fraction of sp³-hybridized carbons (Fsp3) is 0.308. The van der Waals surface area contributed by atoms with Crippen LogP contribution in [-0.4, -0.2) is 38.1 Å². The Bertz CT molecular complexity index is 497. The molecule has 4 nitrogen and oxygen atoms in total. The second kappa shape index (κ2) is 5.31. The number of nitrogens with zero attached hydrogens (tertiary/aromatic N) is 1. The Kier molecular flexibility index (Phi) is 3.77. The lowest BCUT2D eigenvalue weighted by Gasteiger charge is -2.19. The first-order valence-corrected chi connectivity index (χ1v) is 5.94. The van der Waals surface area contributed by atoms with Gasteiger partial charge in [0.2, 0.25) is 5.91 Å². The molecule has 0 spiro atoms. The molecule has 0 radical (unpaired) electrons. The Balaban J connectivity index is 2.25. The lowest BCUT2D eigenvalue weighted by atomic mass is 10.1. The van der Waals surface area contributed by atoms with Gasteiger partial charge in [0.05, 0.1) is 5.02 Å². The third kappa shape index (κ3) is 2.76. The summed E-state index contributed by atoms with van der Waals surface area (Å²) in [5, 5.41) is 0.490. The van der Waals surface area contributed by atoms with Crippen LogP contribution in [0.15, 0.2) is 18.2 Å². The number of fused-ring (bicyclic) bond motifs is 1. The van der Waals surface area contributed by atoms with Crippen molar-refractivity contribution < 1.29 is 14.3 Å². The van der Waals surface area contributed by atoms with Gasteiger partial charge in [-0.2, -0.15) is 0 Å². The summed E-state index contributed by atoms with van der Waals surface area (Å²) in [6.45, 7) is 1.01. The summed E-state index contributed by atoms with van der Waals surface area (Å²) in [6, 6.07) is 3.55. The third-order valence-corrected chi connectivity index (χ3v) is 2.76. The van der Waals surface area contributed by atoms with Gasteiger partial charge < -0.3 is 14.4 Å². The molecule has 0 unspecified atom stereocenters. The number of rotatable bonds is 2. The highest BCUT2D eigenvalue weighted by Crippen LogP contribution is 2.38. The summed E-state index contributed by atoms with van der Waals surface area (Å²) < 4.78 is 10.9. The molecular formula is C13H14ClNO3. The van der Waals surface area contributed by atoms with E-state index < -0.39 is 0 Å². The minimum absolute atomic E-state index is 0.0824. The Hall–Kier alpha value is -1.68. The lowest BCUT2D eigenvalue weighted by Crippen LogP contribution is -2.18. The van der Waals surface area contributed by atoms with Gasteiger partial charge in [-0.25, -0.2) is 0 Å². The summed E-state index contributed by atoms with van der Waals surface area (Å²) in [6.07, 6.45) is 3.19. The maximum Gasteiger partial charge on any atom is 0.246 e. The molecule has 18 heavy (non-hydrogen) atoms. The van der Waals surface area contributed by atoms with E-state index in [1.807, 2.05) is 0 Å². The van der Waals surface area contributed by atoms with Gasteiger partial charge >= 0.3 is 0 Å². The van der Waals surface area contributed by atoms with Crippen molar-refractivity contribution in [1.29, 1.82) is 0 Å². The van der Waals surface area contributed by atoms with Gasteiger partial charge in [-0.1, -0.05) is 11.6 Å². The van der Waals surface area contributed by atoms with E-state index in [0.717, 1.165) is 5.56 Å². The highest BCUT2D eigenvalue weighted by molar-refractivity contribution is 6.32. The normalized spacial score (nSPS) is 13.7. The van der Waals surface area contributed by atoms with E-state index in [0.29, 0.717) is 29.7 Å². The fourth-order valence-electron chi connectivity index (χ4n) is 1.54. The average Bonchev–Trinajstić information content (AvgIpc) is 2.36. The van der Waals surface area contributed by atoms with Crippen molar-refractivity contribution in [3.63, 3.8) is 0 Å². The third-order valence-electron chi connectivity index (χ3n) is 2.48. The minimum Gasteiger partial charge on any atom is -0.486 e. The fourth-order valence-corrected chi connectivity index (χ4v) is 1.82. The monoisotopic (exact) mass is 267 g/mol. The van der Waals surface area contributed by atoms with Crippen LogP contribution in [0.3, 0.4) is 0 Å². The lowest BCUT2D eigenvalue weighted by molar-refractivity contribution is -0.123. The molecule has 1 heterocycles. The van der Waals surface area contributed by atoms with E-state index >= 15 is 0 Å². The van der Waals surface area contributed by atoms with E-state index in [2.05, 4.69) is 0 Å². The SMILES string of the molecule is CN(C)C(=O)/C=C\c1cc(Cl)c2c(c1)OCCO2. The summed E-state index contributed by atoms with van der Waals surface area (Å²) in [5.74, 6) is 1.10. The van der Waals surface area contributed by atoms with Crippen molar-refractivity contribution in [1.82, 2.24) is 4.90 Å². The molecule has 0 saturated carbocycles. The molecule has 96 valence electrons. The standard InChI is InChI=1S/C13H14ClNO3/c1-15(2)12(16)4-3-9-7-10(14)13-11(8-9)17-5-6-18-13/h3-4,7-8H,5-6H2,1-2H3/b4-3-. The van der Waals surface area contributed by atoms with Crippen LogP contribution in [0.1, 0.15) is 5.56 Å². The topological polar surface area (TPSA) is 38.8 Å². The number of carbonyl (C=O) groups is 1. The Morgan fingerprint density at radius 3 is 2.78 bits per heavy atom. The van der Waals surface area contributed by atoms with Gasteiger partial charge in [0.1, 0.15) is 13.2 Å². The van der Waals surface area contributed by atoms with Gasteiger partial charge in [0, 0.05) is 20.2 Å². The smallest absolute Gasteiger partial charge is 0.246 e. The Morgan fingerprint density at radius 2 is 2.06 bits per heavy atom. The van der Waals surface area contributed by atoms with Crippen LogP contribution in [0.4, 0.5) is 0 Å². The van der Waals surface area contributed by atoms with E-state index in [4.69, 9.17) is 21.1 Å². The maximum atomic E-state index is 11.4. The molecule has 0 fully saturated rings. The van der Waals surface area contributed by atoms with E-state index in [9.17, 15) is 4.79 Å². The highest BCUT2D eigenvalue weighted by Gasteiger charge is 2.15. The molecule has 2 rings (SSSR count). The number of benzene rings is 1. The summed E-state index contributed by atoms with van der Waals surface area (Å²) in [5.41, 5.74) is 0.805. The number of ether oxygens (including phenoxy) is 2. The first-order chi connectivity index (χ1) is 8.58. The first-order valence-electron chi connectivity index (χ1n) is 5.56. The first kappa shape index (κ1) is 12.8. The van der Waals surface area contributed by atoms with Crippen molar-refractivity contribution in [3.05, 3.63) is 28.8 Å². The molecule has 0 bridgehead atoms. The van der Waals surface area contributed by atoms with Crippen LogP contribution in [0, 0.1) is 0 Å². The largest absolute Gasteiger partial charge is 0.486 e. The molecule has 1 aromatic rings. The van der Waals surface area contributed by atoms with E-state index in [1.165, 1.54) is 11.0 Å². The van der Waals surface area contributed by atoms with Crippen molar-refractivity contribution >= 4 is 23.6 Å². The zero-order valence-corrected chi connectivity index (χ0v) is 11.0. The molecule has 0 atom stereocenters. The molecular weight excluding hydrogens is 254 g/mol.